The van der Waals surface area contributed by atoms with E-state index in [2.05, 4.69) is 5.32 Å². The van der Waals surface area contributed by atoms with Gasteiger partial charge in [0.1, 0.15) is 0 Å². The van der Waals surface area contributed by atoms with Gasteiger partial charge in [0.15, 0.2) is 9.84 Å². The number of rotatable bonds is 8. The van der Waals surface area contributed by atoms with E-state index in [1.165, 1.54) is 12.8 Å². The Labute approximate surface area is 93.6 Å². The summed E-state index contributed by atoms with van der Waals surface area (Å²) < 4.78 is 23.5. The fourth-order valence-electron chi connectivity index (χ4n) is 1.84. The molecule has 0 spiro atoms. The van der Waals surface area contributed by atoms with Crippen LogP contribution in [0.5, 0.6) is 0 Å². The molecule has 3 nitrogen and oxygen atoms in total. The van der Waals surface area contributed by atoms with E-state index < -0.39 is 9.84 Å². The molecule has 0 aliphatic heterocycles. The van der Waals surface area contributed by atoms with Gasteiger partial charge >= 0.3 is 0 Å². The van der Waals surface area contributed by atoms with Gasteiger partial charge in [-0.15, -0.1) is 0 Å². The molecule has 0 radical (unpaired) electrons. The van der Waals surface area contributed by atoms with Crippen LogP contribution in [0.2, 0.25) is 0 Å². The van der Waals surface area contributed by atoms with E-state index in [0.29, 0.717) is 17.4 Å². The van der Waals surface area contributed by atoms with E-state index in [9.17, 15) is 8.42 Å². The van der Waals surface area contributed by atoms with Crippen molar-refractivity contribution in [2.75, 3.05) is 18.1 Å². The molecule has 1 N–H and O–H groups in total. The van der Waals surface area contributed by atoms with Crippen LogP contribution in [0.15, 0.2) is 0 Å². The fraction of sp³-hybridized carbons (Fsp3) is 1.00. The standard InChI is InChI=1S/C11H23NO2S/c1-3-5-8-15(13,14)9-11(12-4-2)10-6-7-10/h10-12H,3-9H2,1-2H3. The summed E-state index contributed by atoms with van der Waals surface area (Å²) in [6.07, 6.45) is 4.14. The van der Waals surface area contributed by atoms with E-state index in [4.69, 9.17) is 0 Å². The summed E-state index contributed by atoms with van der Waals surface area (Å²) in [7, 11) is -2.83. The fourth-order valence-corrected chi connectivity index (χ4v) is 3.68. The molecule has 90 valence electrons. The minimum Gasteiger partial charge on any atom is -0.313 e. The summed E-state index contributed by atoms with van der Waals surface area (Å²) in [5.74, 6) is 1.31. The maximum atomic E-state index is 11.8. The van der Waals surface area contributed by atoms with Gasteiger partial charge in [-0.1, -0.05) is 20.3 Å². The maximum absolute atomic E-state index is 11.8. The van der Waals surface area contributed by atoms with Crippen LogP contribution in [0, 0.1) is 5.92 Å². The lowest BCUT2D eigenvalue weighted by molar-refractivity contribution is 0.501. The van der Waals surface area contributed by atoms with Crippen molar-refractivity contribution in [1.29, 1.82) is 0 Å². The third-order valence-electron chi connectivity index (χ3n) is 2.90. The average Bonchev–Trinajstić information content (AvgIpc) is 2.97. The van der Waals surface area contributed by atoms with Gasteiger partial charge in [0.25, 0.3) is 0 Å². The highest BCUT2D eigenvalue weighted by Gasteiger charge is 2.33. The highest BCUT2D eigenvalue weighted by Crippen LogP contribution is 2.33. The first kappa shape index (κ1) is 13.0. The molecule has 1 fully saturated rings. The van der Waals surface area contributed by atoms with Crippen molar-refractivity contribution in [3.8, 4) is 0 Å². The molecule has 1 saturated carbocycles. The Kier molecular flexibility index (Phi) is 5.06. The third-order valence-corrected chi connectivity index (χ3v) is 4.68. The summed E-state index contributed by atoms with van der Waals surface area (Å²) in [5.41, 5.74) is 0. The van der Waals surface area contributed by atoms with Crippen molar-refractivity contribution in [3.63, 3.8) is 0 Å². The Bertz CT molecular complexity index is 270. The lowest BCUT2D eigenvalue weighted by Gasteiger charge is -2.17. The van der Waals surface area contributed by atoms with Crippen molar-refractivity contribution in [2.45, 2.75) is 45.6 Å². The quantitative estimate of drug-likeness (QED) is 0.692. The first-order chi connectivity index (χ1) is 7.09. The average molecular weight is 233 g/mol. The molecule has 15 heavy (non-hydrogen) atoms. The van der Waals surface area contributed by atoms with Gasteiger partial charge in [0.2, 0.25) is 0 Å². The summed E-state index contributed by atoms with van der Waals surface area (Å²) in [4.78, 5) is 0. The zero-order valence-electron chi connectivity index (χ0n) is 9.83. The summed E-state index contributed by atoms with van der Waals surface area (Å²) in [5, 5.41) is 3.30. The van der Waals surface area contributed by atoms with Crippen molar-refractivity contribution < 1.29 is 8.42 Å². The van der Waals surface area contributed by atoms with Crippen molar-refractivity contribution >= 4 is 9.84 Å². The Morgan fingerprint density at radius 2 is 2.00 bits per heavy atom. The molecule has 0 bridgehead atoms. The predicted molar refractivity (Wildman–Crippen MR) is 63.8 cm³/mol. The SMILES string of the molecule is CCCCS(=O)(=O)CC(NCC)C1CC1. The molecular weight excluding hydrogens is 210 g/mol. The minimum atomic E-state index is -2.83. The molecule has 0 heterocycles. The van der Waals surface area contributed by atoms with Crippen LogP contribution in [-0.4, -0.2) is 32.5 Å². The van der Waals surface area contributed by atoms with Gasteiger partial charge in [-0.2, -0.15) is 0 Å². The molecule has 0 aromatic rings. The van der Waals surface area contributed by atoms with E-state index in [-0.39, 0.29) is 6.04 Å². The van der Waals surface area contributed by atoms with E-state index in [1.807, 2.05) is 13.8 Å². The topological polar surface area (TPSA) is 46.2 Å². The van der Waals surface area contributed by atoms with Crippen molar-refractivity contribution in [3.05, 3.63) is 0 Å². The molecule has 0 aromatic carbocycles. The van der Waals surface area contributed by atoms with Crippen LogP contribution in [0.1, 0.15) is 39.5 Å². The molecule has 1 unspecified atom stereocenters. The Morgan fingerprint density at radius 1 is 1.33 bits per heavy atom. The predicted octanol–water partition coefficient (Wildman–Crippen LogP) is 1.59. The van der Waals surface area contributed by atoms with E-state index in [0.717, 1.165) is 19.4 Å². The number of hydrogen-bond acceptors (Lipinski definition) is 3. The molecule has 1 aliphatic carbocycles. The molecule has 1 atom stereocenters. The summed E-state index contributed by atoms with van der Waals surface area (Å²) >= 11 is 0. The van der Waals surface area contributed by atoms with Gasteiger partial charge in [0.05, 0.1) is 11.5 Å². The molecule has 0 aromatic heterocycles. The number of nitrogens with one attached hydrogen (secondary N) is 1. The summed E-state index contributed by atoms with van der Waals surface area (Å²) in [6.45, 7) is 4.93. The zero-order valence-corrected chi connectivity index (χ0v) is 10.6. The zero-order chi connectivity index (χ0) is 11.3. The van der Waals surface area contributed by atoms with Crippen LogP contribution < -0.4 is 5.32 Å². The first-order valence-electron chi connectivity index (χ1n) is 6.03. The van der Waals surface area contributed by atoms with Gasteiger partial charge in [-0.05, 0) is 31.7 Å². The Balaban J connectivity index is 2.41. The van der Waals surface area contributed by atoms with Crippen LogP contribution in [0.3, 0.4) is 0 Å². The Hall–Kier alpha value is -0.0900. The lowest BCUT2D eigenvalue weighted by atomic mass is 10.2. The second-order valence-corrected chi connectivity index (χ2v) is 6.70. The van der Waals surface area contributed by atoms with Crippen LogP contribution in [0.4, 0.5) is 0 Å². The molecule has 0 saturated heterocycles. The Morgan fingerprint density at radius 3 is 2.47 bits per heavy atom. The monoisotopic (exact) mass is 233 g/mol. The highest BCUT2D eigenvalue weighted by atomic mass is 32.2. The van der Waals surface area contributed by atoms with Gasteiger partial charge in [0, 0.05) is 6.04 Å². The normalized spacial score (nSPS) is 19.1. The van der Waals surface area contributed by atoms with E-state index >= 15 is 0 Å². The molecule has 0 amide bonds. The first-order valence-corrected chi connectivity index (χ1v) is 7.85. The third kappa shape index (κ3) is 4.98. The van der Waals surface area contributed by atoms with Crippen LogP contribution in [-0.2, 0) is 9.84 Å². The smallest absolute Gasteiger partial charge is 0.151 e. The molecule has 1 aliphatic rings. The van der Waals surface area contributed by atoms with Crippen molar-refractivity contribution in [1.82, 2.24) is 5.32 Å². The molecule has 1 rings (SSSR count). The maximum Gasteiger partial charge on any atom is 0.151 e. The van der Waals surface area contributed by atoms with Gasteiger partial charge < -0.3 is 5.32 Å². The van der Waals surface area contributed by atoms with Crippen molar-refractivity contribution in [2.24, 2.45) is 5.92 Å². The largest absolute Gasteiger partial charge is 0.313 e. The number of unbranched alkanes of at least 4 members (excludes halogenated alkanes) is 1. The second-order valence-electron chi connectivity index (χ2n) is 4.47. The van der Waals surface area contributed by atoms with Gasteiger partial charge in [-0.3, -0.25) is 0 Å². The number of hydrogen-bond donors (Lipinski definition) is 1. The lowest BCUT2D eigenvalue weighted by Crippen LogP contribution is -2.38. The molecular formula is C11H23NO2S. The highest BCUT2D eigenvalue weighted by molar-refractivity contribution is 7.91. The molecule has 4 heteroatoms. The second kappa shape index (κ2) is 5.85. The van der Waals surface area contributed by atoms with Crippen LogP contribution in [0.25, 0.3) is 0 Å². The number of sulfone groups is 1. The van der Waals surface area contributed by atoms with Crippen LogP contribution >= 0.6 is 0 Å². The van der Waals surface area contributed by atoms with Gasteiger partial charge in [-0.25, -0.2) is 8.42 Å². The van der Waals surface area contributed by atoms with E-state index in [1.54, 1.807) is 0 Å². The summed E-state index contributed by atoms with van der Waals surface area (Å²) in [6, 6.07) is 0.205. The minimum absolute atomic E-state index is 0.205.